The summed E-state index contributed by atoms with van der Waals surface area (Å²) in [5.74, 6) is 9.01. The summed E-state index contributed by atoms with van der Waals surface area (Å²) < 4.78 is 0. The molecular weight excluding hydrogens is 284 g/mol. The second-order valence-corrected chi connectivity index (χ2v) is 8.02. The third kappa shape index (κ3) is 2.13. The highest BCUT2D eigenvalue weighted by molar-refractivity contribution is 5.41. The number of hydrogen-bond donors (Lipinski definition) is 2. The first-order valence-electron chi connectivity index (χ1n) is 8.96. The average Bonchev–Trinajstić information content (AvgIpc) is 2.82. The first kappa shape index (κ1) is 15.1. The number of aliphatic hydroxyl groups excluding tert-OH is 1. The highest BCUT2D eigenvalue weighted by atomic mass is 16.3. The van der Waals surface area contributed by atoms with Crippen LogP contribution in [0.15, 0.2) is 18.2 Å². The lowest BCUT2D eigenvalue weighted by Crippen LogP contribution is -2.47. The minimum atomic E-state index is -0.171. The van der Waals surface area contributed by atoms with Crippen molar-refractivity contribution in [2.24, 2.45) is 23.2 Å². The molecule has 2 saturated carbocycles. The van der Waals surface area contributed by atoms with Crippen LogP contribution < -0.4 is 0 Å². The highest BCUT2D eigenvalue weighted by Crippen LogP contribution is 2.62. The fraction of sp³-hybridized carbons (Fsp3) is 0.619. The Balaban J connectivity index is 1.81. The summed E-state index contributed by atoms with van der Waals surface area (Å²) in [6, 6.07) is 5.90. The van der Waals surface area contributed by atoms with E-state index < -0.39 is 0 Å². The van der Waals surface area contributed by atoms with Crippen LogP contribution in [0, 0.1) is 35.0 Å². The van der Waals surface area contributed by atoms with Crippen LogP contribution in [0.1, 0.15) is 56.6 Å². The van der Waals surface area contributed by atoms with Gasteiger partial charge in [-0.05, 0) is 79.5 Å². The van der Waals surface area contributed by atoms with Crippen LogP contribution in [0.2, 0.25) is 0 Å². The number of fused-ring (bicyclic) bond motifs is 5. The lowest BCUT2D eigenvalue weighted by atomic mass is 9.52. The second-order valence-electron chi connectivity index (χ2n) is 8.02. The maximum absolute atomic E-state index is 10.6. The SMILES string of the molecule is CC#C[C@H]1C[C@]2(C)[C@@H](O)CC[C@H]2[C@@H]2CCc3cc(O)ccc3[C@H]21. The Morgan fingerprint density at radius 1 is 1.22 bits per heavy atom. The quantitative estimate of drug-likeness (QED) is 0.714. The zero-order chi connectivity index (χ0) is 16.2. The van der Waals surface area contributed by atoms with E-state index in [0.29, 0.717) is 29.4 Å². The summed E-state index contributed by atoms with van der Waals surface area (Å²) >= 11 is 0. The van der Waals surface area contributed by atoms with Gasteiger partial charge in [0.25, 0.3) is 0 Å². The van der Waals surface area contributed by atoms with Crippen molar-refractivity contribution in [3.05, 3.63) is 29.3 Å². The van der Waals surface area contributed by atoms with Gasteiger partial charge in [0.05, 0.1) is 6.10 Å². The Labute approximate surface area is 138 Å². The van der Waals surface area contributed by atoms with Crippen LogP contribution in [0.4, 0.5) is 0 Å². The molecule has 1 aromatic rings. The second kappa shape index (κ2) is 5.28. The summed E-state index contributed by atoms with van der Waals surface area (Å²) in [4.78, 5) is 0. The highest BCUT2D eigenvalue weighted by Gasteiger charge is 2.57. The topological polar surface area (TPSA) is 40.5 Å². The van der Waals surface area contributed by atoms with Crippen molar-refractivity contribution in [2.75, 3.05) is 0 Å². The van der Waals surface area contributed by atoms with E-state index in [1.807, 2.05) is 19.1 Å². The van der Waals surface area contributed by atoms with Gasteiger partial charge in [-0.1, -0.05) is 18.9 Å². The molecule has 23 heavy (non-hydrogen) atoms. The van der Waals surface area contributed by atoms with Gasteiger partial charge in [0.15, 0.2) is 0 Å². The largest absolute Gasteiger partial charge is 0.508 e. The Hall–Kier alpha value is -1.46. The van der Waals surface area contributed by atoms with Gasteiger partial charge in [-0.3, -0.25) is 0 Å². The molecular formula is C21H26O2. The van der Waals surface area contributed by atoms with Crippen molar-refractivity contribution >= 4 is 0 Å². The predicted octanol–water partition coefficient (Wildman–Crippen LogP) is 3.86. The molecule has 4 rings (SSSR count). The number of benzene rings is 1. The number of aliphatic hydroxyl groups is 1. The molecule has 2 nitrogen and oxygen atoms in total. The molecule has 0 saturated heterocycles. The lowest BCUT2D eigenvalue weighted by Gasteiger charge is -2.52. The standard InChI is InChI=1S/C21H26O2/c1-3-4-14-12-21(2)18(9-10-19(21)23)17-7-5-13-11-15(22)6-8-16(13)20(14)17/h6,8,11,14,17-20,22-23H,5,7,9-10,12H2,1-2H3/t14-,17-,18-,19-,20+,21-/m0/s1. The van der Waals surface area contributed by atoms with Crippen LogP contribution in [-0.2, 0) is 6.42 Å². The van der Waals surface area contributed by atoms with Crippen LogP contribution in [0.5, 0.6) is 5.75 Å². The molecule has 0 aliphatic heterocycles. The van der Waals surface area contributed by atoms with Crippen LogP contribution in [0.3, 0.4) is 0 Å². The van der Waals surface area contributed by atoms with Gasteiger partial charge in [0.1, 0.15) is 5.75 Å². The number of aryl methyl sites for hydroxylation is 1. The molecule has 0 radical (unpaired) electrons. The first-order valence-corrected chi connectivity index (χ1v) is 8.96. The zero-order valence-corrected chi connectivity index (χ0v) is 14.0. The monoisotopic (exact) mass is 310 g/mol. The molecule has 2 heteroatoms. The minimum absolute atomic E-state index is 0.0319. The van der Waals surface area contributed by atoms with Crippen molar-refractivity contribution < 1.29 is 10.2 Å². The molecule has 0 heterocycles. The third-order valence-corrected chi connectivity index (χ3v) is 6.99. The van der Waals surface area contributed by atoms with Gasteiger partial charge in [-0.25, -0.2) is 0 Å². The zero-order valence-electron chi connectivity index (χ0n) is 14.0. The van der Waals surface area contributed by atoms with E-state index >= 15 is 0 Å². The van der Waals surface area contributed by atoms with Gasteiger partial charge >= 0.3 is 0 Å². The van der Waals surface area contributed by atoms with Crippen molar-refractivity contribution in [1.82, 2.24) is 0 Å². The van der Waals surface area contributed by atoms with Crippen molar-refractivity contribution in [3.8, 4) is 17.6 Å². The predicted molar refractivity (Wildman–Crippen MR) is 91.1 cm³/mol. The van der Waals surface area contributed by atoms with E-state index in [1.165, 1.54) is 11.1 Å². The van der Waals surface area contributed by atoms with Crippen molar-refractivity contribution in [1.29, 1.82) is 0 Å². The molecule has 0 unspecified atom stereocenters. The fourth-order valence-electron chi connectivity index (χ4n) is 5.99. The normalized spacial score (nSPS) is 41.3. The van der Waals surface area contributed by atoms with E-state index in [9.17, 15) is 10.2 Å². The summed E-state index contributed by atoms with van der Waals surface area (Å²) in [7, 11) is 0. The number of phenols is 1. The number of phenolic OH excluding ortho intramolecular Hbond substituents is 1. The maximum atomic E-state index is 10.6. The number of rotatable bonds is 0. The molecule has 0 aromatic heterocycles. The lowest BCUT2D eigenvalue weighted by molar-refractivity contribution is -0.0366. The molecule has 3 aliphatic rings. The van der Waals surface area contributed by atoms with E-state index in [4.69, 9.17) is 0 Å². The van der Waals surface area contributed by atoms with Crippen LogP contribution >= 0.6 is 0 Å². The third-order valence-electron chi connectivity index (χ3n) is 6.99. The van der Waals surface area contributed by atoms with Gasteiger partial charge in [0.2, 0.25) is 0 Å². The Bertz CT molecular complexity index is 683. The minimum Gasteiger partial charge on any atom is -0.508 e. The first-order chi connectivity index (χ1) is 11.0. The molecule has 0 bridgehead atoms. The Morgan fingerprint density at radius 2 is 2.04 bits per heavy atom. The van der Waals surface area contributed by atoms with Crippen molar-refractivity contribution in [2.45, 2.75) is 58.0 Å². The van der Waals surface area contributed by atoms with E-state index in [0.717, 1.165) is 32.1 Å². The summed E-state index contributed by atoms with van der Waals surface area (Å²) in [5.41, 5.74) is 2.73. The Morgan fingerprint density at radius 3 is 2.83 bits per heavy atom. The van der Waals surface area contributed by atoms with Crippen molar-refractivity contribution in [3.63, 3.8) is 0 Å². The average molecular weight is 310 g/mol. The van der Waals surface area contributed by atoms with Gasteiger partial charge < -0.3 is 10.2 Å². The van der Waals surface area contributed by atoms with E-state index in [1.54, 1.807) is 0 Å². The van der Waals surface area contributed by atoms with E-state index in [2.05, 4.69) is 24.8 Å². The maximum Gasteiger partial charge on any atom is 0.115 e. The van der Waals surface area contributed by atoms with E-state index in [-0.39, 0.29) is 11.5 Å². The number of hydrogen-bond acceptors (Lipinski definition) is 2. The smallest absolute Gasteiger partial charge is 0.115 e. The molecule has 122 valence electrons. The van der Waals surface area contributed by atoms with Gasteiger partial charge in [0, 0.05) is 11.8 Å². The molecule has 1 aromatic carbocycles. The van der Waals surface area contributed by atoms with Crippen LogP contribution in [-0.4, -0.2) is 16.3 Å². The fourth-order valence-corrected chi connectivity index (χ4v) is 5.99. The summed E-state index contributed by atoms with van der Waals surface area (Å²) in [6.07, 6.45) is 5.13. The summed E-state index contributed by atoms with van der Waals surface area (Å²) in [6.45, 7) is 4.22. The van der Waals surface area contributed by atoms with Gasteiger partial charge in [-0.15, -0.1) is 5.92 Å². The molecule has 2 fully saturated rings. The molecule has 3 aliphatic carbocycles. The Kier molecular flexibility index (Phi) is 3.46. The summed E-state index contributed by atoms with van der Waals surface area (Å²) in [5, 5.41) is 20.4. The number of aromatic hydroxyl groups is 1. The van der Waals surface area contributed by atoms with Crippen LogP contribution in [0.25, 0.3) is 0 Å². The van der Waals surface area contributed by atoms with Gasteiger partial charge in [-0.2, -0.15) is 0 Å². The molecule has 6 atom stereocenters. The molecule has 2 N–H and O–H groups in total. The molecule has 0 spiro atoms. The molecule has 0 amide bonds.